The van der Waals surface area contributed by atoms with Crippen LogP contribution in [0.15, 0.2) is 36.7 Å². The molecule has 0 bridgehead atoms. The Morgan fingerprint density at radius 1 is 1.25 bits per heavy atom. The molecule has 0 saturated carbocycles. The first kappa shape index (κ1) is 12.6. The molecular weight excluding hydrogens is 254 g/mol. The number of hydrogen-bond donors (Lipinski definition) is 2. The van der Waals surface area contributed by atoms with E-state index in [-0.39, 0.29) is 5.91 Å². The smallest absolute Gasteiger partial charge is 0.278 e. The molecule has 3 rings (SSSR count). The molecule has 1 amide bonds. The fourth-order valence-corrected chi connectivity index (χ4v) is 2.40. The molecule has 3 N–H and O–H groups in total. The van der Waals surface area contributed by atoms with Crippen molar-refractivity contribution in [3.63, 3.8) is 0 Å². The zero-order valence-corrected chi connectivity index (χ0v) is 10.9. The van der Waals surface area contributed by atoms with Crippen molar-refractivity contribution in [2.24, 2.45) is 5.84 Å². The van der Waals surface area contributed by atoms with Crippen LogP contribution in [0.25, 0.3) is 0 Å². The van der Waals surface area contributed by atoms with E-state index in [0.717, 1.165) is 18.5 Å². The summed E-state index contributed by atoms with van der Waals surface area (Å²) in [5.74, 6) is 5.53. The minimum Gasteiger partial charge on any atom is -0.307 e. The molecule has 1 aliphatic rings. The summed E-state index contributed by atoms with van der Waals surface area (Å²) in [6, 6.07) is 7.96. The van der Waals surface area contributed by atoms with Crippen molar-refractivity contribution in [3.8, 4) is 0 Å². The summed E-state index contributed by atoms with van der Waals surface area (Å²) in [5.41, 5.74) is 4.87. The van der Waals surface area contributed by atoms with E-state index in [4.69, 9.17) is 5.84 Å². The minimum absolute atomic E-state index is 0.131. The maximum Gasteiger partial charge on any atom is 0.278 e. The van der Waals surface area contributed by atoms with E-state index in [0.29, 0.717) is 18.1 Å². The predicted octanol–water partition coefficient (Wildman–Crippen LogP) is 1.36. The van der Waals surface area contributed by atoms with Gasteiger partial charge in [-0.2, -0.15) is 0 Å². The number of carbonyl (C=O) groups is 1. The lowest BCUT2D eigenvalue weighted by atomic mass is 10.0. The third-order valence-corrected chi connectivity index (χ3v) is 3.37. The molecule has 0 atom stereocenters. The number of aryl methyl sites for hydroxylation is 1. The number of para-hydroxylation sites is 1. The van der Waals surface area contributed by atoms with Crippen LogP contribution < -0.4 is 16.2 Å². The van der Waals surface area contributed by atoms with Gasteiger partial charge in [0.1, 0.15) is 5.69 Å². The molecule has 20 heavy (non-hydrogen) atoms. The molecule has 2 aromatic rings. The van der Waals surface area contributed by atoms with Gasteiger partial charge in [-0.1, -0.05) is 18.2 Å². The first-order chi connectivity index (χ1) is 9.79. The van der Waals surface area contributed by atoms with E-state index in [1.165, 1.54) is 18.0 Å². The molecule has 1 aromatic heterocycles. The average molecular weight is 269 g/mol. The molecule has 0 saturated heterocycles. The molecule has 2 heterocycles. The third-order valence-electron chi connectivity index (χ3n) is 3.37. The predicted molar refractivity (Wildman–Crippen MR) is 76.3 cm³/mol. The minimum atomic E-state index is -0.131. The normalized spacial score (nSPS) is 13.8. The molecule has 6 heteroatoms. The Morgan fingerprint density at radius 2 is 2.10 bits per heavy atom. The van der Waals surface area contributed by atoms with Gasteiger partial charge in [0.05, 0.1) is 12.4 Å². The zero-order valence-electron chi connectivity index (χ0n) is 10.9. The van der Waals surface area contributed by atoms with Crippen LogP contribution >= 0.6 is 0 Å². The number of hydrazine groups is 1. The fraction of sp³-hybridized carbons (Fsp3) is 0.214. The highest BCUT2D eigenvalue weighted by molar-refractivity contribution is 6.05. The van der Waals surface area contributed by atoms with Crippen LogP contribution in [0.1, 0.15) is 22.5 Å². The summed E-state index contributed by atoms with van der Waals surface area (Å²) < 4.78 is 0. The highest BCUT2D eigenvalue weighted by Gasteiger charge is 2.24. The van der Waals surface area contributed by atoms with Crippen molar-refractivity contribution in [2.75, 3.05) is 16.9 Å². The Hall–Kier alpha value is -2.47. The molecule has 102 valence electrons. The number of fused-ring (bicyclic) bond motifs is 1. The van der Waals surface area contributed by atoms with Crippen LogP contribution in [-0.4, -0.2) is 22.4 Å². The number of hydrogen-bond acceptors (Lipinski definition) is 5. The number of nitrogens with two attached hydrogens (primary N) is 1. The average Bonchev–Trinajstić information content (AvgIpc) is 2.54. The van der Waals surface area contributed by atoms with E-state index in [1.807, 2.05) is 18.2 Å². The van der Waals surface area contributed by atoms with Gasteiger partial charge in [0.15, 0.2) is 5.82 Å². The molecule has 0 spiro atoms. The second-order valence-corrected chi connectivity index (χ2v) is 4.62. The Labute approximate surface area is 116 Å². The van der Waals surface area contributed by atoms with Gasteiger partial charge >= 0.3 is 0 Å². The summed E-state index contributed by atoms with van der Waals surface area (Å²) in [7, 11) is 0. The summed E-state index contributed by atoms with van der Waals surface area (Å²) in [5, 5.41) is 0. The SMILES string of the molecule is NNc1cnc(C(=O)N2CCCc3ccccc32)cn1. The van der Waals surface area contributed by atoms with E-state index in [2.05, 4.69) is 21.5 Å². The second kappa shape index (κ2) is 5.26. The number of anilines is 2. The van der Waals surface area contributed by atoms with E-state index >= 15 is 0 Å². The van der Waals surface area contributed by atoms with Gasteiger partial charge in [0.2, 0.25) is 0 Å². The number of rotatable bonds is 2. The van der Waals surface area contributed by atoms with Crippen LogP contribution in [0.2, 0.25) is 0 Å². The molecule has 6 nitrogen and oxygen atoms in total. The van der Waals surface area contributed by atoms with E-state index < -0.39 is 0 Å². The highest BCUT2D eigenvalue weighted by Crippen LogP contribution is 2.27. The van der Waals surface area contributed by atoms with Crippen molar-refractivity contribution in [2.45, 2.75) is 12.8 Å². The number of nitrogens with zero attached hydrogens (tertiary/aromatic N) is 3. The summed E-state index contributed by atoms with van der Waals surface area (Å²) in [4.78, 5) is 22.4. The van der Waals surface area contributed by atoms with Gasteiger partial charge in [0.25, 0.3) is 5.91 Å². The van der Waals surface area contributed by atoms with E-state index in [1.54, 1.807) is 4.90 Å². The zero-order chi connectivity index (χ0) is 13.9. The van der Waals surface area contributed by atoms with Crippen LogP contribution in [0.3, 0.4) is 0 Å². The number of nitrogens with one attached hydrogen (secondary N) is 1. The van der Waals surface area contributed by atoms with Gasteiger partial charge in [-0.25, -0.2) is 15.8 Å². The van der Waals surface area contributed by atoms with E-state index in [9.17, 15) is 4.79 Å². The number of nitrogen functional groups attached to an aromatic ring is 1. The van der Waals surface area contributed by atoms with Crippen LogP contribution in [0, 0.1) is 0 Å². The number of carbonyl (C=O) groups excluding carboxylic acids is 1. The van der Waals surface area contributed by atoms with Crippen LogP contribution in [0.4, 0.5) is 11.5 Å². The molecule has 1 aliphatic heterocycles. The maximum absolute atomic E-state index is 12.5. The first-order valence-electron chi connectivity index (χ1n) is 6.48. The topological polar surface area (TPSA) is 84.1 Å². The number of aromatic nitrogens is 2. The van der Waals surface area contributed by atoms with Gasteiger partial charge in [-0.15, -0.1) is 0 Å². The van der Waals surface area contributed by atoms with Gasteiger partial charge in [-0.3, -0.25) is 4.79 Å². The lowest BCUT2D eigenvalue weighted by molar-refractivity contribution is 0.0980. The Balaban J connectivity index is 1.91. The standard InChI is InChI=1S/C14H15N5O/c15-18-13-9-16-11(8-17-13)14(20)19-7-3-5-10-4-1-2-6-12(10)19/h1-2,4,6,8-9H,3,5,7,15H2,(H,17,18). The highest BCUT2D eigenvalue weighted by atomic mass is 16.2. The fourth-order valence-electron chi connectivity index (χ4n) is 2.40. The Morgan fingerprint density at radius 3 is 2.85 bits per heavy atom. The first-order valence-corrected chi connectivity index (χ1v) is 6.48. The van der Waals surface area contributed by atoms with Crippen molar-refractivity contribution < 1.29 is 4.79 Å². The van der Waals surface area contributed by atoms with Crippen molar-refractivity contribution in [3.05, 3.63) is 47.9 Å². The van der Waals surface area contributed by atoms with Crippen LogP contribution in [-0.2, 0) is 6.42 Å². The molecule has 0 aliphatic carbocycles. The van der Waals surface area contributed by atoms with Gasteiger partial charge in [-0.05, 0) is 24.5 Å². The van der Waals surface area contributed by atoms with Gasteiger partial charge < -0.3 is 10.3 Å². The lowest BCUT2D eigenvalue weighted by Gasteiger charge is -2.29. The lowest BCUT2D eigenvalue weighted by Crippen LogP contribution is -2.36. The summed E-state index contributed by atoms with van der Waals surface area (Å²) in [6.07, 6.45) is 4.85. The molecule has 0 fully saturated rings. The van der Waals surface area contributed by atoms with Crippen molar-refractivity contribution >= 4 is 17.4 Å². The summed E-state index contributed by atoms with van der Waals surface area (Å²) >= 11 is 0. The number of amides is 1. The third kappa shape index (κ3) is 2.21. The quantitative estimate of drug-likeness (QED) is 0.635. The second-order valence-electron chi connectivity index (χ2n) is 4.62. The van der Waals surface area contributed by atoms with Crippen molar-refractivity contribution in [1.82, 2.24) is 9.97 Å². The Bertz CT molecular complexity index is 626. The monoisotopic (exact) mass is 269 g/mol. The Kier molecular flexibility index (Phi) is 3.30. The molecular formula is C14H15N5O. The molecule has 0 radical (unpaired) electrons. The largest absolute Gasteiger partial charge is 0.307 e. The van der Waals surface area contributed by atoms with Crippen LogP contribution in [0.5, 0.6) is 0 Å². The number of benzene rings is 1. The van der Waals surface area contributed by atoms with Crippen molar-refractivity contribution in [1.29, 1.82) is 0 Å². The summed E-state index contributed by atoms with van der Waals surface area (Å²) in [6.45, 7) is 0.703. The maximum atomic E-state index is 12.5. The molecule has 0 unspecified atom stereocenters. The van der Waals surface area contributed by atoms with Gasteiger partial charge in [0, 0.05) is 12.2 Å². The molecule has 1 aromatic carbocycles.